The van der Waals surface area contributed by atoms with Crippen molar-refractivity contribution in [2.75, 3.05) is 13.2 Å². The van der Waals surface area contributed by atoms with Crippen LogP contribution in [0.25, 0.3) is 0 Å². The molecular formula is C21H29NO. The first kappa shape index (κ1) is 17.7. The normalized spacial score (nSPS) is 13.8. The van der Waals surface area contributed by atoms with Crippen LogP contribution in [-0.2, 0) is 6.42 Å². The van der Waals surface area contributed by atoms with Crippen LogP contribution >= 0.6 is 0 Å². The molecule has 0 fully saturated rings. The Kier molecular flexibility index (Phi) is 6.37. The number of aliphatic hydroxyl groups excluding tert-OH is 1. The third kappa shape index (κ3) is 4.92. The Labute approximate surface area is 140 Å². The van der Waals surface area contributed by atoms with E-state index in [1.54, 1.807) is 0 Å². The molecule has 0 radical (unpaired) electrons. The molecule has 0 aliphatic rings. The van der Waals surface area contributed by atoms with Gasteiger partial charge >= 0.3 is 0 Å². The zero-order valence-electron chi connectivity index (χ0n) is 14.8. The first-order valence-corrected chi connectivity index (χ1v) is 8.47. The lowest BCUT2D eigenvalue weighted by Gasteiger charge is -2.21. The Morgan fingerprint density at radius 3 is 2.35 bits per heavy atom. The highest BCUT2D eigenvalue weighted by Crippen LogP contribution is 2.18. The third-order valence-electron chi connectivity index (χ3n) is 4.77. The molecule has 0 bridgehead atoms. The standard InChI is InChI=1S/C21H29NO/c1-15-9-10-21(11-17(15)3)18(4)22-13-19(14-23)12-20-8-6-5-7-16(20)2/h5-11,18-19,22-23H,12-14H2,1-4H3. The van der Waals surface area contributed by atoms with E-state index in [-0.39, 0.29) is 12.5 Å². The zero-order valence-corrected chi connectivity index (χ0v) is 14.8. The molecule has 2 rings (SSSR count). The third-order valence-corrected chi connectivity index (χ3v) is 4.77. The van der Waals surface area contributed by atoms with Crippen molar-refractivity contribution in [1.29, 1.82) is 0 Å². The highest BCUT2D eigenvalue weighted by molar-refractivity contribution is 5.31. The Morgan fingerprint density at radius 1 is 0.957 bits per heavy atom. The molecular weight excluding hydrogens is 282 g/mol. The van der Waals surface area contributed by atoms with Crippen LogP contribution in [0.4, 0.5) is 0 Å². The molecule has 2 unspecified atom stereocenters. The molecule has 2 nitrogen and oxygen atoms in total. The van der Waals surface area contributed by atoms with Gasteiger partial charge in [-0.3, -0.25) is 0 Å². The Hall–Kier alpha value is -1.64. The maximum absolute atomic E-state index is 9.70. The number of nitrogens with one attached hydrogen (secondary N) is 1. The second-order valence-electron chi connectivity index (χ2n) is 6.65. The molecule has 0 amide bonds. The number of rotatable bonds is 7. The molecule has 2 aromatic rings. The second kappa shape index (κ2) is 8.28. The van der Waals surface area contributed by atoms with Crippen molar-refractivity contribution in [2.24, 2.45) is 5.92 Å². The molecule has 0 heterocycles. The largest absolute Gasteiger partial charge is 0.396 e. The van der Waals surface area contributed by atoms with Gasteiger partial charge in [0.25, 0.3) is 0 Å². The summed E-state index contributed by atoms with van der Waals surface area (Å²) in [6.45, 7) is 9.64. The summed E-state index contributed by atoms with van der Waals surface area (Å²) in [7, 11) is 0. The van der Waals surface area contributed by atoms with E-state index in [9.17, 15) is 5.11 Å². The van der Waals surface area contributed by atoms with Crippen molar-refractivity contribution in [3.05, 3.63) is 70.3 Å². The summed E-state index contributed by atoms with van der Waals surface area (Å²) < 4.78 is 0. The van der Waals surface area contributed by atoms with Crippen molar-refractivity contribution in [3.63, 3.8) is 0 Å². The number of benzene rings is 2. The maximum atomic E-state index is 9.70. The van der Waals surface area contributed by atoms with Gasteiger partial charge in [0.05, 0.1) is 0 Å². The molecule has 0 aliphatic carbocycles. The Morgan fingerprint density at radius 2 is 1.70 bits per heavy atom. The Bertz CT molecular complexity index is 635. The van der Waals surface area contributed by atoms with E-state index in [0.29, 0.717) is 6.04 Å². The van der Waals surface area contributed by atoms with Crippen LogP contribution in [0.2, 0.25) is 0 Å². The minimum Gasteiger partial charge on any atom is -0.396 e. The summed E-state index contributed by atoms with van der Waals surface area (Å²) in [4.78, 5) is 0. The summed E-state index contributed by atoms with van der Waals surface area (Å²) in [5.74, 6) is 0.241. The van der Waals surface area contributed by atoms with Crippen molar-refractivity contribution in [2.45, 2.75) is 40.2 Å². The smallest absolute Gasteiger partial charge is 0.0474 e. The molecule has 124 valence electrons. The van der Waals surface area contributed by atoms with Crippen LogP contribution in [0.1, 0.15) is 40.8 Å². The summed E-state index contributed by atoms with van der Waals surface area (Å²) in [5, 5.41) is 13.3. The van der Waals surface area contributed by atoms with Crippen molar-refractivity contribution in [1.82, 2.24) is 5.32 Å². The SMILES string of the molecule is Cc1ccc(C(C)NCC(CO)Cc2ccccc2C)cc1C. The van der Waals surface area contributed by atoms with E-state index in [1.165, 1.54) is 27.8 Å². The summed E-state index contributed by atoms with van der Waals surface area (Å²) in [6.07, 6.45) is 0.913. The summed E-state index contributed by atoms with van der Waals surface area (Å²) in [6, 6.07) is 15.3. The molecule has 2 aromatic carbocycles. The van der Waals surface area contributed by atoms with Gasteiger partial charge in [-0.25, -0.2) is 0 Å². The number of hydrogen-bond donors (Lipinski definition) is 2. The van der Waals surface area contributed by atoms with Gasteiger partial charge < -0.3 is 10.4 Å². The highest BCUT2D eigenvalue weighted by Gasteiger charge is 2.13. The zero-order chi connectivity index (χ0) is 16.8. The molecule has 2 atom stereocenters. The second-order valence-corrected chi connectivity index (χ2v) is 6.65. The van der Waals surface area contributed by atoms with Gasteiger partial charge in [-0.2, -0.15) is 0 Å². The monoisotopic (exact) mass is 311 g/mol. The van der Waals surface area contributed by atoms with Gasteiger partial charge in [0.15, 0.2) is 0 Å². The fraction of sp³-hybridized carbons (Fsp3) is 0.429. The first-order chi connectivity index (χ1) is 11.0. The number of aliphatic hydroxyl groups is 1. The molecule has 2 heteroatoms. The maximum Gasteiger partial charge on any atom is 0.0474 e. The van der Waals surface area contributed by atoms with E-state index in [2.05, 4.69) is 75.5 Å². The van der Waals surface area contributed by atoms with Gasteiger partial charge in [-0.05, 0) is 67.9 Å². The van der Waals surface area contributed by atoms with Gasteiger partial charge in [-0.1, -0.05) is 42.5 Å². The van der Waals surface area contributed by atoms with Gasteiger partial charge in [-0.15, -0.1) is 0 Å². The lowest BCUT2D eigenvalue weighted by atomic mass is 9.96. The number of aryl methyl sites for hydroxylation is 3. The Balaban J connectivity index is 1.94. The first-order valence-electron chi connectivity index (χ1n) is 8.47. The highest BCUT2D eigenvalue weighted by atomic mass is 16.3. The quantitative estimate of drug-likeness (QED) is 0.806. The van der Waals surface area contributed by atoms with E-state index >= 15 is 0 Å². The lowest BCUT2D eigenvalue weighted by molar-refractivity contribution is 0.218. The fourth-order valence-electron chi connectivity index (χ4n) is 2.85. The van der Waals surface area contributed by atoms with E-state index in [0.717, 1.165) is 13.0 Å². The molecule has 23 heavy (non-hydrogen) atoms. The van der Waals surface area contributed by atoms with Gasteiger partial charge in [0.2, 0.25) is 0 Å². The van der Waals surface area contributed by atoms with E-state index in [1.807, 2.05) is 0 Å². The molecule has 0 aliphatic heterocycles. The minimum absolute atomic E-state index is 0.209. The van der Waals surface area contributed by atoms with Crippen LogP contribution in [-0.4, -0.2) is 18.3 Å². The molecule has 0 saturated heterocycles. The van der Waals surface area contributed by atoms with Crippen LogP contribution in [0.15, 0.2) is 42.5 Å². The topological polar surface area (TPSA) is 32.3 Å². The van der Waals surface area contributed by atoms with Crippen LogP contribution < -0.4 is 5.32 Å². The van der Waals surface area contributed by atoms with Crippen molar-refractivity contribution in [3.8, 4) is 0 Å². The van der Waals surface area contributed by atoms with Crippen molar-refractivity contribution < 1.29 is 5.11 Å². The van der Waals surface area contributed by atoms with Gasteiger partial charge in [0, 0.05) is 19.2 Å². The lowest BCUT2D eigenvalue weighted by Crippen LogP contribution is -2.29. The number of hydrogen-bond acceptors (Lipinski definition) is 2. The summed E-state index contributed by atoms with van der Waals surface area (Å²) >= 11 is 0. The average Bonchev–Trinajstić information content (AvgIpc) is 2.55. The van der Waals surface area contributed by atoms with Crippen molar-refractivity contribution >= 4 is 0 Å². The molecule has 0 saturated carbocycles. The van der Waals surface area contributed by atoms with Gasteiger partial charge in [0.1, 0.15) is 0 Å². The minimum atomic E-state index is 0.209. The molecule has 0 aromatic heterocycles. The molecule has 0 spiro atoms. The average molecular weight is 311 g/mol. The predicted molar refractivity (Wildman–Crippen MR) is 97.8 cm³/mol. The predicted octanol–water partition coefficient (Wildman–Crippen LogP) is 4.11. The molecule has 2 N–H and O–H groups in total. The fourth-order valence-corrected chi connectivity index (χ4v) is 2.85. The van der Waals surface area contributed by atoms with E-state index < -0.39 is 0 Å². The summed E-state index contributed by atoms with van der Waals surface area (Å²) in [5.41, 5.74) is 6.59. The van der Waals surface area contributed by atoms with E-state index in [4.69, 9.17) is 0 Å². The van der Waals surface area contributed by atoms with Crippen LogP contribution in [0.5, 0.6) is 0 Å². The van der Waals surface area contributed by atoms with Crippen LogP contribution in [0, 0.1) is 26.7 Å². The van der Waals surface area contributed by atoms with Crippen LogP contribution in [0.3, 0.4) is 0 Å².